The Morgan fingerprint density at radius 2 is 1.75 bits per heavy atom. The molecule has 3 N–H and O–H groups in total. The van der Waals surface area contributed by atoms with Gasteiger partial charge in [0.25, 0.3) is 0 Å². The number of aliphatic hydroxyl groups is 1. The summed E-state index contributed by atoms with van der Waals surface area (Å²) in [6.45, 7) is -0.677. The molecular formula is C20H24F3N3O2. The van der Waals surface area contributed by atoms with Gasteiger partial charge in [-0.3, -0.25) is 4.99 Å². The number of aliphatic hydroxyl groups excluding tert-OH is 1. The van der Waals surface area contributed by atoms with Gasteiger partial charge >= 0.3 is 6.18 Å². The average Bonchev–Trinajstić information content (AvgIpc) is 2.70. The normalized spacial score (nSPS) is 13.1. The molecule has 8 heteroatoms. The minimum atomic E-state index is -4.39. The van der Waals surface area contributed by atoms with Crippen LogP contribution in [-0.4, -0.2) is 44.0 Å². The lowest BCUT2D eigenvalue weighted by Gasteiger charge is -2.19. The molecule has 0 radical (unpaired) electrons. The van der Waals surface area contributed by atoms with E-state index in [9.17, 15) is 18.3 Å². The Hall–Kier alpha value is -2.74. The highest BCUT2D eigenvalue weighted by Gasteiger charge is 2.28. The molecule has 0 aliphatic carbocycles. The van der Waals surface area contributed by atoms with Crippen LogP contribution in [0.2, 0.25) is 0 Å². The van der Waals surface area contributed by atoms with Crippen molar-refractivity contribution in [3.05, 3.63) is 65.7 Å². The molecule has 1 atom stereocenters. The Morgan fingerprint density at radius 1 is 1.07 bits per heavy atom. The molecule has 0 saturated carbocycles. The molecule has 0 aromatic heterocycles. The third-order valence-corrected chi connectivity index (χ3v) is 4.04. The summed E-state index contributed by atoms with van der Waals surface area (Å²) in [6, 6.07) is 16.1. The second-order valence-corrected chi connectivity index (χ2v) is 6.11. The Labute approximate surface area is 162 Å². The van der Waals surface area contributed by atoms with Crippen molar-refractivity contribution in [2.45, 2.75) is 18.6 Å². The number of ether oxygens (including phenoxy) is 1. The van der Waals surface area contributed by atoms with Gasteiger partial charge in [0.15, 0.2) is 12.6 Å². The van der Waals surface area contributed by atoms with Crippen LogP contribution >= 0.6 is 0 Å². The number of hydrogen-bond donors (Lipinski definition) is 3. The van der Waals surface area contributed by atoms with E-state index in [2.05, 4.69) is 15.6 Å². The van der Waals surface area contributed by atoms with Crippen LogP contribution in [0.25, 0.3) is 0 Å². The molecule has 2 aromatic carbocycles. The fraction of sp³-hybridized carbons (Fsp3) is 0.350. The molecule has 2 rings (SSSR count). The second-order valence-electron chi connectivity index (χ2n) is 6.11. The van der Waals surface area contributed by atoms with Crippen LogP contribution in [0.15, 0.2) is 59.6 Å². The molecule has 0 spiro atoms. The van der Waals surface area contributed by atoms with Gasteiger partial charge in [-0.25, -0.2) is 0 Å². The third kappa shape index (κ3) is 7.11. The molecule has 152 valence electrons. The summed E-state index contributed by atoms with van der Waals surface area (Å²) in [5, 5.41) is 15.8. The number of guanidine groups is 1. The van der Waals surface area contributed by atoms with Gasteiger partial charge in [-0.15, -0.1) is 0 Å². The number of aliphatic imine (C=N–C) groups is 1. The molecule has 5 nitrogen and oxygen atoms in total. The largest absolute Gasteiger partial charge is 0.484 e. The van der Waals surface area contributed by atoms with Crippen LogP contribution in [0.4, 0.5) is 13.2 Å². The van der Waals surface area contributed by atoms with Gasteiger partial charge in [0, 0.05) is 31.6 Å². The van der Waals surface area contributed by atoms with Gasteiger partial charge in [-0.2, -0.15) is 13.2 Å². The van der Waals surface area contributed by atoms with Gasteiger partial charge in [0.05, 0.1) is 6.61 Å². The van der Waals surface area contributed by atoms with E-state index in [1.54, 1.807) is 25.2 Å². The Balaban J connectivity index is 1.92. The maximum Gasteiger partial charge on any atom is 0.422 e. The first kappa shape index (κ1) is 21.6. The van der Waals surface area contributed by atoms with E-state index in [0.717, 1.165) is 5.56 Å². The van der Waals surface area contributed by atoms with E-state index in [-0.39, 0.29) is 24.8 Å². The van der Waals surface area contributed by atoms with Crippen LogP contribution in [-0.2, 0) is 6.54 Å². The number of hydrogen-bond acceptors (Lipinski definition) is 3. The summed E-state index contributed by atoms with van der Waals surface area (Å²) in [4.78, 5) is 4.11. The molecule has 0 aliphatic rings. The molecule has 1 unspecified atom stereocenters. The van der Waals surface area contributed by atoms with Crippen molar-refractivity contribution in [2.24, 2.45) is 4.99 Å². The summed E-state index contributed by atoms with van der Waals surface area (Å²) >= 11 is 0. The van der Waals surface area contributed by atoms with E-state index >= 15 is 0 Å². The van der Waals surface area contributed by atoms with Crippen molar-refractivity contribution in [1.82, 2.24) is 10.6 Å². The molecule has 0 bridgehead atoms. The molecule has 0 amide bonds. The Bertz CT molecular complexity index is 752. The fourth-order valence-electron chi connectivity index (χ4n) is 2.58. The number of rotatable bonds is 8. The monoisotopic (exact) mass is 395 g/mol. The number of nitrogens with zero attached hydrogens (tertiary/aromatic N) is 1. The molecule has 0 fully saturated rings. The van der Waals surface area contributed by atoms with Gasteiger partial charge < -0.3 is 20.5 Å². The highest BCUT2D eigenvalue weighted by molar-refractivity contribution is 5.79. The summed E-state index contributed by atoms with van der Waals surface area (Å²) in [6.07, 6.45) is -4.39. The highest BCUT2D eigenvalue weighted by Crippen LogP contribution is 2.22. The molecule has 0 saturated heterocycles. The van der Waals surface area contributed by atoms with Gasteiger partial charge in [-0.05, 0) is 11.6 Å². The predicted octanol–water partition coefficient (Wildman–Crippen LogP) is 3.07. The van der Waals surface area contributed by atoms with E-state index in [0.29, 0.717) is 18.1 Å². The number of nitrogens with one attached hydrogen (secondary N) is 2. The minimum absolute atomic E-state index is 0.0257. The molecular weight excluding hydrogens is 371 g/mol. The lowest BCUT2D eigenvalue weighted by Crippen LogP contribution is -2.39. The number of halogens is 3. The van der Waals surface area contributed by atoms with Crippen molar-refractivity contribution < 1.29 is 23.0 Å². The smallest absolute Gasteiger partial charge is 0.422 e. The second kappa shape index (κ2) is 10.6. The molecule has 0 aliphatic heterocycles. The SMILES string of the molecule is CN=C(NCc1ccccc1OCC(F)(F)F)NCC(CO)c1ccccc1. The first-order valence-electron chi connectivity index (χ1n) is 8.80. The summed E-state index contributed by atoms with van der Waals surface area (Å²) in [7, 11) is 1.60. The van der Waals surface area contributed by atoms with E-state index in [4.69, 9.17) is 4.74 Å². The van der Waals surface area contributed by atoms with Crippen LogP contribution in [0, 0.1) is 0 Å². The molecule has 0 heterocycles. The van der Waals surface area contributed by atoms with Crippen LogP contribution in [0.1, 0.15) is 17.0 Å². The van der Waals surface area contributed by atoms with Crippen LogP contribution in [0.5, 0.6) is 5.75 Å². The number of benzene rings is 2. The maximum atomic E-state index is 12.4. The zero-order valence-corrected chi connectivity index (χ0v) is 15.5. The molecule has 28 heavy (non-hydrogen) atoms. The summed E-state index contributed by atoms with van der Waals surface area (Å²) in [5.41, 5.74) is 1.58. The first-order valence-corrected chi connectivity index (χ1v) is 8.80. The Morgan fingerprint density at radius 3 is 2.39 bits per heavy atom. The zero-order chi connectivity index (χ0) is 20.4. The van der Waals surface area contributed by atoms with E-state index in [1.807, 2.05) is 30.3 Å². The van der Waals surface area contributed by atoms with E-state index < -0.39 is 12.8 Å². The number of alkyl halides is 3. The van der Waals surface area contributed by atoms with Gasteiger partial charge in [0.1, 0.15) is 5.75 Å². The van der Waals surface area contributed by atoms with Crippen LogP contribution in [0.3, 0.4) is 0 Å². The third-order valence-electron chi connectivity index (χ3n) is 4.04. The lowest BCUT2D eigenvalue weighted by atomic mass is 10.0. The lowest BCUT2D eigenvalue weighted by molar-refractivity contribution is -0.153. The van der Waals surface area contributed by atoms with Gasteiger partial charge in [-0.1, -0.05) is 48.5 Å². The Kier molecular flexibility index (Phi) is 8.13. The van der Waals surface area contributed by atoms with Crippen LogP contribution < -0.4 is 15.4 Å². The quantitative estimate of drug-likeness (QED) is 0.475. The van der Waals surface area contributed by atoms with E-state index in [1.165, 1.54) is 6.07 Å². The standard InChI is InChI=1S/C20H24F3N3O2/c1-24-19(26-12-17(13-27)15-7-3-2-4-8-15)25-11-16-9-5-6-10-18(16)28-14-20(21,22)23/h2-10,17,27H,11-14H2,1H3,(H2,24,25,26). The fourth-order valence-corrected chi connectivity index (χ4v) is 2.58. The number of para-hydroxylation sites is 1. The van der Waals surface area contributed by atoms with Crippen molar-refractivity contribution in [2.75, 3.05) is 26.8 Å². The predicted molar refractivity (Wildman–Crippen MR) is 102 cm³/mol. The maximum absolute atomic E-state index is 12.4. The molecule has 2 aromatic rings. The average molecular weight is 395 g/mol. The summed E-state index contributed by atoms with van der Waals surface area (Å²) in [5.74, 6) is 0.530. The van der Waals surface area contributed by atoms with Crippen molar-refractivity contribution in [1.29, 1.82) is 0 Å². The summed E-state index contributed by atoms with van der Waals surface area (Å²) < 4.78 is 42.1. The first-order chi connectivity index (χ1) is 13.4. The zero-order valence-electron chi connectivity index (χ0n) is 15.5. The van der Waals surface area contributed by atoms with Crippen molar-refractivity contribution in [3.63, 3.8) is 0 Å². The van der Waals surface area contributed by atoms with Crippen molar-refractivity contribution in [3.8, 4) is 5.75 Å². The van der Waals surface area contributed by atoms with Crippen molar-refractivity contribution >= 4 is 5.96 Å². The topological polar surface area (TPSA) is 65.9 Å². The highest BCUT2D eigenvalue weighted by atomic mass is 19.4. The van der Waals surface area contributed by atoms with Gasteiger partial charge in [0.2, 0.25) is 0 Å². The minimum Gasteiger partial charge on any atom is -0.484 e.